The molecular formula is C21H25BrN2O9S. The number of benzene rings is 1. The van der Waals surface area contributed by atoms with Crippen molar-refractivity contribution in [3.8, 4) is 0 Å². The molecule has 11 nitrogen and oxygen atoms in total. The summed E-state index contributed by atoms with van der Waals surface area (Å²) in [4.78, 5) is 46.9. The monoisotopic (exact) mass is 560 g/mol. The summed E-state index contributed by atoms with van der Waals surface area (Å²) in [5.41, 5.74) is 0.644. The molecule has 0 bridgehead atoms. The Bertz CT molecular complexity index is 945. The van der Waals surface area contributed by atoms with Crippen LogP contribution in [-0.2, 0) is 42.9 Å². The Kier molecular flexibility index (Phi) is 10.2. The fourth-order valence-electron chi connectivity index (χ4n) is 3.19. The summed E-state index contributed by atoms with van der Waals surface area (Å²) in [7, 11) is 0. The normalized spacial score (nSPS) is 23.7. The van der Waals surface area contributed by atoms with E-state index in [-0.39, 0.29) is 11.7 Å². The maximum absolute atomic E-state index is 11.9. The van der Waals surface area contributed by atoms with Crippen LogP contribution in [0.2, 0.25) is 0 Å². The minimum absolute atomic E-state index is 0.0906. The van der Waals surface area contributed by atoms with Crippen LogP contribution >= 0.6 is 28.1 Å². The van der Waals surface area contributed by atoms with Crippen LogP contribution in [-0.4, -0.2) is 66.2 Å². The highest BCUT2D eigenvalue weighted by Gasteiger charge is 2.52. The predicted octanol–water partition coefficient (Wildman–Crippen LogP) is 1.82. The van der Waals surface area contributed by atoms with Gasteiger partial charge in [0.1, 0.15) is 12.7 Å². The van der Waals surface area contributed by atoms with E-state index in [4.69, 9.17) is 35.9 Å². The van der Waals surface area contributed by atoms with Crippen LogP contribution < -0.4 is 10.6 Å². The van der Waals surface area contributed by atoms with Gasteiger partial charge in [0.05, 0.1) is 5.69 Å². The smallest absolute Gasteiger partial charge is 0.303 e. The number of para-hydroxylation sites is 1. The van der Waals surface area contributed by atoms with Crippen LogP contribution in [0.3, 0.4) is 0 Å². The first-order valence-corrected chi connectivity index (χ1v) is 11.3. The maximum atomic E-state index is 11.9. The lowest BCUT2D eigenvalue weighted by Crippen LogP contribution is -2.66. The van der Waals surface area contributed by atoms with Crippen molar-refractivity contribution in [1.82, 2.24) is 5.32 Å². The van der Waals surface area contributed by atoms with E-state index >= 15 is 0 Å². The van der Waals surface area contributed by atoms with Gasteiger partial charge in [0, 0.05) is 32.2 Å². The summed E-state index contributed by atoms with van der Waals surface area (Å²) in [5, 5.41) is 5.93. The lowest BCUT2D eigenvalue weighted by molar-refractivity contribution is -0.254. The van der Waals surface area contributed by atoms with Crippen molar-refractivity contribution in [2.24, 2.45) is 0 Å². The number of carbonyl (C=O) groups is 4. The quantitative estimate of drug-likeness (QED) is 0.285. The van der Waals surface area contributed by atoms with Crippen molar-refractivity contribution >= 4 is 62.8 Å². The van der Waals surface area contributed by atoms with E-state index in [0.717, 1.165) is 25.2 Å². The standard InChI is InChI=1S/C21H25BrN2O9S/c1-10(25)29-9-16-17(30-11(2)26)18(31-12(3)27)19(32-13(4)28)20(33-16)24-21(34)23-15-8-6-5-7-14(15)22/h5-8,16-20H,9H2,1-4H3,(H2,23,24,34)/t16?,17-,18?,19?,20+/m0/s1. The van der Waals surface area contributed by atoms with Crippen molar-refractivity contribution < 1.29 is 42.9 Å². The highest BCUT2D eigenvalue weighted by Crippen LogP contribution is 2.29. The molecule has 5 atom stereocenters. The molecule has 1 aliphatic heterocycles. The lowest BCUT2D eigenvalue weighted by atomic mass is 9.97. The molecule has 0 spiro atoms. The SMILES string of the molecule is CC(=O)OCC1O[C@@H](NC(=S)Nc2ccccc2Br)C(OC(C)=O)C(OC(C)=O)[C@H]1OC(C)=O. The molecule has 2 N–H and O–H groups in total. The van der Waals surface area contributed by atoms with Gasteiger partial charge in [-0.25, -0.2) is 0 Å². The molecule has 1 aromatic carbocycles. The van der Waals surface area contributed by atoms with Crippen LogP contribution in [0.4, 0.5) is 5.69 Å². The van der Waals surface area contributed by atoms with E-state index in [2.05, 4.69) is 26.6 Å². The average Bonchev–Trinajstić information content (AvgIpc) is 2.71. The van der Waals surface area contributed by atoms with Crippen LogP contribution in [0.15, 0.2) is 28.7 Å². The Hall–Kier alpha value is -2.77. The first-order valence-electron chi connectivity index (χ1n) is 10.1. The third kappa shape index (κ3) is 8.22. The molecule has 1 heterocycles. The largest absolute Gasteiger partial charge is 0.463 e. The summed E-state index contributed by atoms with van der Waals surface area (Å²) >= 11 is 8.77. The van der Waals surface area contributed by atoms with Gasteiger partial charge in [-0.1, -0.05) is 12.1 Å². The highest BCUT2D eigenvalue weighted by atomic mass is 79.9. The Morgan fingerprint density at radius 3 is 2.03 bits per heavy atom. The minimum atomic E-state index is -1.29. The van der Waals surface area contributed by atoms with E-state index in [1.165, 1.54) is 6.92 Å². The van der Waals surface area contributed by atoms with Crippen LogP contribution in [0, 0.1) is 0 Å². The third-order valence-electron chi connectivity index (χ3n) is 4.39. The van der Waals surface area contributed by atoms with Gasteiger partial charge >= 0.3 is 23.9 Å². The Morgan fingerprint density at radius 1 is 0.912 bits per heavy atom. The lowest BCUT2D eigenvalue weighted by Gasteiger charge is -2.44. The summed E-state index contributed by atoms with van der Waals surface area (Å²) in [6, 6.07) is 7.19. The zero-order chi connectivity index (χ0) is 25.4. The predicted molar refractivity (Wildman–Crippen MR) is 125 cm³/mol. The van der Waals surface area contributed by atoms with Gasteiger partial charge in [-0.05, 0) is 40.3 Å². The molecule has 2 rings (SSSR count). The van der Waals surface area contributed by atoms with E-state index in [1.54, 1.807) is 18.2 Å². The fourth-order valence-corrected chi connectivity index (χ4v) is 3.80. The molecule has 1 fully saturated rings. The van der Waals surface area contributed by atoms with Gasteiger partial charge in [0.15, 0.2) is 29.7 Å². The second-order valence-corrected chi connectivity index (χ2v) is 8.46. The number of halogens is 1. The highest BCUT2D eigenvalue weighted by molar-refractivity contribution is 9.10. The van der Waals surface area contributed by atoms with Crippen LogP contribution in [0.25, 0.3) is 0 Å². The summed E-state index contributed by atoms with van der Waals surface area (Å²) < 4.78 is 27.8. The molecule has 0 aliphatic carbocycles. The zero-order valence-electron chi connectivity index (χ0n) is 18.9. The first-order chi connectivity index (χ1) is 16.0. The molecule has 0 aromatic heterocycles. The van der Waals surface area contributed by atoms with Crippen molar-refractivity contribution in [3.05, 3.63) is 28.7 Å². The number of esters is 4. The molecule has 186 valence electrons. The van der Waals surface area contributed by atoms with Gasteiger partial charge in [-0.3, -0.25) is 19.2 Å². The molecule has 1 saturated heterocycles. The van der Waals surface area contributed by atoms with E-state index in [9.17, 15) is 19.2 Å². The van der Waals surface area contributed by atoms with Gasteiger partial charge < -0.3 is 34.3 Å². The van der Waals surface area contributed by atoms with Crippen molar-refractivity contribution in [3.63, 3.8) is 0 Å². The molecular weight excluding hydrogens is 536 g/mol. The maximum Gasteiger partial charge on any atom is 0.303 e. The number of carbonyl (C=O) groups excluding carboxylic acids is 4. The van der Waals surface area contributed by atoms with Gasteiger partial charge in [-0.2, -0.15) is 0 Å². The van der Waals surface area contributed by atoms with E-state index in [0.29, 0.717) is 5.69 Å². The molecule has 0 radical (unpaired) electrons. The molecule has 34 heavy (non-hydrogen) atoms. The number of rotatable bonds is 7. The van der Waals surface area contributed by atoms with Crippen molar-refractivity contribution in [1.29, 1.82) is 0 Å². The van der Waals surface area contributed by atoms with Gasteiger partial charge in [0.25, 0.3) is 0 Å². The number of thiocarbonyl (C=S) groups is 1. The third-order valence-corrected chi connectivity index (χ3v) is 5.30. The van der Waals surface area contributed by atoms with Gasteiger partial charge in [0.2, 0.25) is 0 Å². The Morgan fingerprint density at radius 2 is 1.47 bits per heavy atom. The fraction of sp³-hybridized carbons (Fsp3) is 0.476. The Labute approximate surface area is 209 Å². The van der Waals surface area contributed by atoms with Crippen molar-refractivity contribution in [2.75, 3.05) is 11.9 Å². The van der Waals surface area contributed by atoms with Crippen molar-refractivity contribution in [2.45, 2.75) is 58.3 Å². The summed E-state index contributed by atoms with van der Waals surface area (Å²) in [6.45, 7) is 4.32. The second kappa shape index (κ2) is 12.6. The summed E-state index contributed by atoms with van der Waals surface area (Å²) in [5.74, 6) is -2.74. The molecule has 0 amide bonds. The van der Waals surface area contributed by atoms with E-state index in [1.807, 2.05) is 6.07 Å². The Balaban J connectivity index is 2.37. The molecule has 1 aliphatic rings. The first kappa shape index (κ1) is 27.5. The second-order valence-electron chi connectivity index (χ2n) is 7.20. The van der Waals surface area contributed by atoms with E-state index < -0.39 is 54.5 Å². The number of hydrogen-bond acceptors (Lipinski definition) is 10. The number of ether oxygens (including phenoxy) is 5. The zero-order valence-corrected chi connectivity index (χ0v) is 21.3. The molecule has 13 heteroatoms. The number of hydrogen-bond donors (Lipinski definition) is 2. The molecule has 1 aromatic rings. The topological polar surface area (TPSA) is 138 Å². The van der Waals surface area contributed by atoms with Gasteiger partial charge in [-0.15, -0.1) is 0 Å². The number of nitrogens with one attached hydrogen (secondary N) is 2. The van der Waals surface area contributed by atoms with Crippen LogP contribution in [0.5, 0.6) is 0 Å². The number of anilines is 1. The summed E-state index contributed by atoms with van der Waals surface area (Å²) in [6.07, 6.45) is -6.04. The average molecular weight is 561 g/mol. The molecule has 3 unspecified atom stereocenters. The minimum Gasteiger partial charge on any atom is -0.463 e. The van der Waals surface area contributed by atoms with Crippen LogP contribution in [0.1, 0.15) is 27.7 Å². The molecule has 0 saturated carbocycles.